The van der Waals surface area contributed by atoms with E-state index in [0.717, 1.165) is 11.8 Å². The monoisotopic (exact) mass is 325 g/mol. The summed E-state index contributed by atoms with van der Waals surface area (Å²) in [6, 6.07) is 4.98. The quantitative estimate of drug-likeness (QED) is 0.594. The van der Waals surface area contributed by atoms with Gasteiger partial charge in [0.1, 0.15) is 11.8 Å². The van der Waals surface area contributed by atoms with Crippen molar-refractivity contribution in [3.05, 3.63) is 29.8 Å². The summed E-state index contributed by atoms with van der Waals surface area (Å²) in [6.45, 7) is 2.41. The number of ether oxygens (including phenoxy) is 1. The van der Waals surface area contributed by atoms with Gasteiger partial charge in [0.15, 0.2) is 0 Å². The molecule has 0 fully saturated rings. The lowest BCUT2D eigenvalue weighted by Crippen LogP contribution is -2.41. The Morgan fingerprint density at radius 3 is 2.41 bits per heavy atom. The van der Waals surface area contributed by atoms with E-state index < -0.39 is 29.0 Å². The average Bonchev–Trinajstić information content (AvgIpc) is 2.42. The highest BCUT2D eigenvalue weighted by molar-refractivity contribution is 8.14. The third kappa shape index (κ3) is 5.57. The van der Waals surface area contributed by atoms with Gasteiger partial charge in [0.25, 0.3) is 0 Å². The number of para-hydroxylation sites is 1. The second-order valence-electron chi connectivity index (χ2n) is 4.28. The summed E-state index contributed by atoms with van der Waals surface area (Å²) in [5.74, 6) is -2.32. The van der Waals surface area contributed by atoms with Gasteiger partial charge in [-0.05, 0) is 12.1 Å². The van der Waals surface area contributed by atoms with Crippen molar-refractivity contribution in [1.82, 2.24) is 5.32 Å². The lowest BCUT2D eigenvalue weighted by molar-refractivity contribution is -0.140. The van der Waals surface area contributed by atoms with Crippen LogP contribution in [0.3, 0.4) is 0 Å². The van der Waals surface area contributed by atoms with Crippen LogP contribution in [0.25, 0.3) is 0 Å². The number of aliphatic carboxylic acids is 1. The fourth-order valence-electron chi connectivity index (χ4n) is 1.54. The van der Waals surface area contributed by atoms with Crippen molar-refractivity contribution in [2.24, 2.45) is 0 Å². The maximum absolute atomic E-state index is 12.1. The minimum absolute atomic E-state index is 0.110. The van der Waals surface area contributed by atoms with E-state index in [1.54, 1.807) is 12.1 Å². The number of carboxylic acid groups (broad SMARTS) is 1. The predicted molar refractivity (Wildman–Crippen MR) is 79.8 cm³/mol. The molecule has 7 nitrogen and oxygen atoms in total. The highest BCUT2D eigenvalue weighted by Gasteiger charge is 2.22. The molecule has 0 radical (unpaired) electrons. The first-order chi connectivity index (χ1) is 10.3. The van der Waals surface area contributed by atoms with E-state index >= 15 is 0 Å². The second kappa shape index (κ2) is 8.18. The molecular weight excluding hydrogens is 310 g/mol. The van der Waals surface area contributed by atoms with Crippen LogP contribution in [-0.2, 0) is 14.4 Å². The summed E-state index contributed by atoms with van der Waals surface area (Å²) >= 11 is 0.723. The fourth-order valence-corrected chi connectivity index (χ4v) is 2.40. The molecule has 2 N–H and O–H groups in total. The third-order valence-corrected chi connectivity index (χ3v) is 3.40. The molecular formula is C14H15NO6S. The number of hydrogen-bond acceptors (Lipinski definition) is 6. The Balaban J connectivity index is 2.78. The number of benzene rings is 1. The summed E-state index contributed by atoms with van der Waals surface area (Å²) in [5.41, 5.74) is 0.162. The first kappa shape index (κ1) is 17.7. The van der Waals surface area contributed by atoms with Crippen LogP contribution in [0, 0.1) is 0 Å². The number of nitrogens with one attached hydrogen (secondary N) is 1. The number of esters is 1. The summed E-state index contributed by atoms with van der Waals surface area (Å²) in [7, 11) is 0. The lowest BCUT2D eigenvalue weighted by atomic mass is 10.2. The number of carboxylic acids is 1. The molecule has 22 heavy (non-hydrogen) atoms. The van der Waals surface area contributed by atoms with Crippen LogP contribution in [0.15, 0.2) is 24.3 Å². The smallest absolute Gasteiger partial charge is 0.327 e. The van der Waals surface area contributed by atoms with E-state index in [9.17, 15) is 19.2 Å². The van der Waals surface area contributed by atoms with Gasteiger partial charge < -0.3 is 15.2 Å². The molecule has 1 aromatic rings. The summed E-state index contributed by atoms with van der Waals surface area (Å²) < 4.78 is 4.93. The van der Waals surface area contributed by atoms with Gasteiger partial charge in [-0.2, -0.15) is 0 Å². The molecule has 0 saturated carbocycles. The second-order valence-corrected chi connectivity index (χ2v) is 5.27. The molecule has 0 aliphatic carbocycles. The van der Waals surface area contributed by atoms with Crippen molar-refractivity contribution in [2.75, 3.05) is 5.75 Å². The molecule has 8 heteroatoms. The van der Waals surface area contributed by atoms with E-state index in [0.29, 0.717) is 0 Å². The molecule has 0 unspecified atom stereocenters. The number of carbonyl (C=O) groups excluding carboxylic acids is 3. The molecule has 0 heterocycles. The highest BCUT2D eigenvalue weighted by atomic mass is 32.2. The molecule has 0 aliphatic heterocycles. The topological polar surface area (TPSA) is 110 Å². The van der Waals surface area contributed by atoms with E-state index in [1.165, 1.54) is 26.0 Å². The number of amides is 1. The number of hydrogen-bond donors (Lipinski definition) is 2. The Labute approximate surface area is 131 Å². The zero-order chi connectivity index (χ0) is 16.7. The molecule has 0 saturated heterocycles. The van der Waals surface area contributed by atoms with Crippen LogP contribution in [0.2, 0.25) is 0 Å². The van der Waals surface area contributed by atoms with Crippen molar-refractivity contribution in [2.45, 2.75) is 19.9 Å². The molecule has 118 valence electrons. The van der Waals surface area contributed by atoms with E-state index in [4.69, 9.17) is 9.84 Å². The summed E-state index contributed by atoms with van der Waals surface area (Å²) in [6.07, 6.45) is 0. The predicted octanol–water partition coefficient (Wildman–Crippen LogP) is 1.07. The maximum atomic E-state index is 12.1. The van der Waals surface area contributed by atoms with Crippen LogP contribution in [0.1, 0.15) is 24.2 Å². The number of rotatable bonds is 6. The molecule has 1 rings (SSSR count). The molecule has 0 spiro atoms. The van der Waals surface area contributed by atoms with Gasteiger partial charge in [0, 0.05) is 19.6 Å². The van der Waals surface area contributed by atoms with Crippen LogP contribution in [-0.4, -0.2) is 39.9 Å². The zero-order valence-corrected chi connectivity index (χ0v) is 12.8. The van der Waals surface area contributed by atoms with Crippen molar-refractivity contribution in [1.29, 1.82) is 0 Å². The highest BCUT2D eigenvalue weighted by Crippen LogP contribution is 2.23. The molecule has 0 bridgehead atoms. The van der Waals surface area contributed by atoms with E-state index in [1.807, 2.05) is 0 Å². The largest absolute Gasteiger partial charge is 0.480 e. The van der Waals surface area contributed by atoms with Gasteiger partial charge in [0.05, 0.1) is 5.56 Å². The van der Waals surface area contributed by atoms with Crippen LogP contribution < -0.4 is 10.1 Å². The Bertz CT molecular complexity index is 601. The Kier molecular flexibility index (Phi) is 6.58. The first-order valence-electron chi connectivity index (χ1n) is 6.25. The van der Waals surface area contributed by atoms with Gasteiger partial charge in [0.2, 0.25) is 11.0 Å². The van der Waals surface area contributed by atoms with Crippen molar-refractivity contribution in [3.8, 4) is 5.75 Å². The summed E-state index contributed by atoms with van der Waals surface area (Å²) in [4.78, 5) is 45.0. The molecule has 1 atom stereocenters. The molecule has 1 amide bonds. The van der Waals surface area contributed by atoms with Crippen molar-refractivity contribution in [3.63, 3.8) is 0 Å². The van der Waals surface area contributed by atoms with Crippen molar-refractivity contribution >= 4 is 34.7 Å². The van der Waals surface area contributed by atoms with Gasteiger partial charge in [-0.25, -0.2) is 4.79 Å². The summed E-state index contributed by atoms with van der Waals surface area (Å²) in [5, 5.41) is 10.8. The van der Waals surface area contributed by atoms with Gasteiger partial charge in [-0.3, -0.25) is 14.4 Å². The SMILES string of the molecule is CC(=O)N[C@@H](CSC(=O)c1ccccc1OC(C)=O)C(=O)O. The Morgan fingerprint density at radius 1 is 1.23 bits per heavy atom. The molecule has 1 aromatic carbocycles. The normalized spacial score (nSPS) is 11.4. The minimum atomic E-state index is -1.23. The zero-order valence-electron chi connectivity index (χ0n) is 12.0. The average molecular weight is 325 g/mol. The first-order valence-corrected chi connectivity index (χ1v) is 7.24. The third-order valence-electron chi connectivity index (χ3n) is 2.42. The van der Waals surface area contributed by atoms with Crippen LogP contribution in [0.5, 0.6) is 5.75 Å². The minimum Gasteiger partial charge on any atom is -0.480 e. The number of thioether (sulfide) groups is 1. The number of carbonyl (C=O) groups is 4. The van der Waals surface area contributed by atoms with E-state index in [-0.39, 0.29) is 17.1 Å². The van der Waals surface area contributed by atoms with Gasteiger partial charge in [-0.15, -0.1) is 0 Å². The Morgan fingerprint density at radius 2 is 1.86 bits per heavy atom. The standard InChI is InChI=1S/C14H15NO6S/c1-8(16)15-11(13(18)19)7-22-14(20)10-5-3-4-6-12(10)21-9(2)17/h3-6,11H,7H2,1-2H3,(H,15,16)(H,18,19)/t11-/m0/s1. The maximum Gasteiger partial charge on any atom is 0.327 e. The van der Waals surface area contributed by atoms with Gasteiger partial charge >= 0.3 is 11.9 Å². The van der Waals surface area contributed by atoms with E-state index in [2.05, 4.69) is 5.32 Å². The lowest BCUT2D eigenvalue weighted by Gasteiger charge is -2.13. The van der Waals surface area contributed by atoms with Crippen LogP contribution in [0.4, 0.5) is 0 Å². The Hall–Kier alpha value is -2.35. The van der Waals surface area contributed by atoms with Crippen LogP contribution >= 0.6 is 11.8 Å². The van der Waals surface area contributed by atoms with Gasteiger partial charge in [-0.1, -0.05) is 23.9 Å². The molecule has 0 aliphatic rings. The fraction of sp³-hybridized carbons (Fsp3) is 0.286. The molecule has 0 aromatic heterocycles. The van der Waals surface area contributed by atoms with Crippen molar-refractivity contribution < 1.29 is 29.0 Å².